The van der Waals surface area contributed by atoms with E-state index in [0.717, 1.165) is 13.1 Å². The fourth-order valence-electron chi connectivity index (χ4n) is 1.69. The molecule has 0 aliphatic carbocycles. The third-order valence-corrected chi connectivity index (χ3v) is 4.43. The predicted octanol–water partition coefficient (Wildman–Crippen LogP) is 2.03. The average molecular weight is 306 g/mol. The molecular formula is C12H27N4O3P. The Morgan fingerprint density at radius 2 is 1.80 bits per heavy atom. The molecule has 1 aliphatic rings. The molecule has 0 amide bonds. The van der Waals surface area contributed by atoms with Gasteiger partial charge in [-0.05, 0) is 20.8 Å². The lowest BCUT2D eigenvalue weighted by Gasteiger charge is -2.27. The van der Waals surface area contributed by atoms with Crippen molar-refractivity contribution in [1.82, 2.24) is 14.9 Å². The van der Waals surface area contributed by atoms with E-state index in [0.29, 0.717) is 12.5 Å². The molecule has 0 radical (unpaired) electrons. The summed E-state index contributed by atoms with van der Waals surface area (Å²) in [5, 5.41) is 1.48. The van der Waals surface area contributed by atoms with E-state index in [1.54, 1.807) is 7.05 Å². The van der Waals surface area contributed by atoms with E-state index in [-0.39, 0.29) is 0 Å². The highest BCUT2D eigenvalue weighted by Crippen LogP contribution is 2.54. The smallest absolute Gasteiger partial charge is 0.344 e. The number of likely N-dealkylation sites (N-methyl/N-ethyl adjacent to an activating group) is 2. The van der Waals surface area contributed by atoms with Crippen molar-refractivity contribution in [2.24, 2.45) is 4.76 Å². The van der Waals surface area contributed by atoms with E-state index < -0.39 is 13.3 Å². The van der Waals surface area contributed by atoms with Crippen molar-refractivity contribution in [3.05, 3.63) is 0 Å². The van der Waals surface area contributed by atoms with Gasteiger partial charge < -0.3 is 9.80 Å². The maximum atomic E-state index is 12.9. The highest BCUT2D eigenvalue weighted by atomic mass is 31.2. The highest BCUT2D eigenvalue weighted by Gasteiger charge is 2.35. The molecule has 1 unspecified atom stereocenters. The summed E-state index contributed by atoms with van der Waals surface area (Å²) < 4.78 is 28.3. The molecule has 0 aromatic carbocycles. The fourth-order valence-corrected chi connectivity index (χ4v) is 3.48. The second kappa shape index (κ2) is 6.43. The maximum Gasteiger partial charge on any atom is 0.474 e. The monoisotopic (exact) mass is 306 g/mol. The van der Waals surface area contributed by atoms with Gasteiger partial charge in [0.2, 0.25) is 5.96 Å². The van der Waals surface area contributed by atoms with Gasteiger partial charge in [-0.2, -0.15) is 9.69 Å². The molecule has 118 valence electrons. The Morgan fingerprint density at radius 1 is 1.30 bits per heavy atom. The van der Waals surface area contributed by atoms with Gasteiger partial charge in [0.15, 0.2) is 0 Å². The standard InChI is InChI=1S/C12H27N4O3P/c1-8-16(7)19-20(17,18-12(2,3)4)13-11-14(5)9-10-15(11)6/h8-10H2,1-7H3. The molecule has 7 nitrogen and oxygen atoms in total. The van der Waals surface area contributed by atoms with E-state index in [9.17, 15) is 4.57 Å². The van der Waals surface area contributed by atoms with Crippen LogP contribution in [0.15, 0.2) is 4.76 Å². The largest absolute Gasteiger partial charge is 0.474 e. The quantitative estimate of drug-likeness (QED) is 0.572. The molecule has 0 bridgehead atoms. The number of hydrogen-bond acceptors (Lipinski definition) is 4. The second-order valence-electron chi connectivity index (χ2n) is 5.94. The lowest BCUT2D eigenvalue weighted by molar-refractivity contribution is -0.0546. The summed E-state index contributed by atoms with van der Waals surface area (Å²) >= 11 is 0. The first-order valence-corrected chi connectivity index (χ1v) is 8.30. The molecule has 0 N–H and O–H groups in total. The summed E-state index contributed by atoms with van der Waals surface area (Å²) in [6, 6.07) is 0. The Kier molecular flexibility index (Phi) is 5.61. The zero-order chi connectivity index (χ0) is 15.6. The van der Waals surface area contributed by atoms with Crippen molar-refractivity contribution in [3.8, 4) is 0 Å². The minimum atomic E-state index is -3.61. The van der Waals surface area contributed by atoms with Crippen molar-refractivity contribution in [2.45, 2.75) is 33.3 Å². The van der Waals surface area contributed by atoms with Crippen LogP contribution in [0.3, 0.4) is 0 Å². The summed E-state index contributed by atoms with van der Waals surface area (Å²) in [6.07, 6.45) is 0. The molecule has 0 saturated carbocycles. The van der Waals surface area contributed by atoms with E-state index in [1.165, 1.54) is 5.06 Å². The van der Waals surface area contributed by atoms with E-state index in [4.69, 9.17) is 9.15 Å². The van der Waals surface area contributed by atoms with Crippen LogP contribution in [-0.4, -0.2) is 67.2 Å². The number of nitrogens with zero attached hydrogens (tertiary/aromatic N) is 4. The molecule has 1 atom stereocenters. The van der Waals surface area contributed by atoms with Crippen molar-refractivity contribution in [2.75, 3.05) is 40.8 Å². The van der Waals surface area contributed by atoms with Gasteiger partial charge in [-0.25, -0.2) is 4.57 Å². The van der Waals surface area contributed by atoms with Gasteiger partial charge >= 0.3 is 7.75 Å². The first kappa shape index (κ1) is 17.4. The molecule has 1 saturated heterocycles. The molecule has 1 rings (SSSR count). The van der Waals surface area contributed by atoms with Crippen LogP contribution in [0.25, 0.3) is 0 Å². The first-order valence-electron chi connectivity index (χ1n) is 6.80. The zero-order valence-electron chi connectivity index (χ0n) is 13.6. The van der Waals surface area contributed by atoms with Crippen LogP contribution in [0.2, 0.25) is 0 Å². The number of hydrogen-bond donors (Lipinski definition) is 0. The molecule has 1 heterocycles. The van der Waals surface area contributed by atoms with Gasteiger partial charge in [0.25, 0.3) is 0 Å². The Bertz CT molecular complexity index is 396. The zero-order valence-corrected chi connectivity index (χ0v) is 14.5. The average Bonchev–Trinajstić information content (AvgIpc) is 2.57. The normalized spacial score (nSPS) is 19.7. The Balaban J connectivity index is 3.04. The van der Waals surface area contributed by atoms with Gasteiger partial charge in [0.1, 0.15) is 0 Å². The minimum Gasteiger partial charge on any atom is -0.344 e. The summed E-state index contributed by atoms with van der Waals surface area (Å²) in [5.41, 5.74) is -0.607. The van der Waals surface area contributed by atoms with Gasteiger partial charge in [-0.1, -0.05) is 6.92 Å². The minimum absolute atomic E-state index is 0.591. The highest BCUT2D eigenvalue weighted by molar-refractivity contribution is 7.52. The fraction of sp³-hybridized carbons (Fsp3) is 0.917. The molecule has 0 aromatic heterocycles. The lowest BCUT2D eigenvalue weighted by atomic mass is 10.2. The Labute approximate surface area is 122 Å². The first-order chi connectivity index (χ1) is 9.06. The number of hydroxylamine groups is 2. The van der Waals surface area contributed by atoms with Crippen molar-refractivity contribution in [1.29, 1.82) is 0 Å². The molecule has 1 aliphatic heterocycles. The maximum absolute atomic E-state index is 12.9. The summed E-state index contributed by atoms with van der Waals surface area (Å²) in [7, 11) is 1.92. The lowest BCUT2D eigenvalue weighted by Crippen LogP contribution is -2.30. The van der Waals surface area contributed by atoms with Crippen molar-refractivity contribution < 1.29 is 13.7 Å². The van der Waals surface area contributed by atoms with Crippen LogP contribution in [0.5, 0.6) is 0 Å². The van der Waals surface area contributed by atoms with Crippen LogP contribution >= 0.6 is 7.75 Å². The summed E-state index contributed by atoms with van der Waals surface area (Å²) in [4.78, 5) is 3.88. The van der Waals surface area contributed by atoms with E-state index in [1.807, 2.05) is 51.6 Å². The van der Waals surface area contributed by atoms with Gasteiger partial charge in [-0.15, -0.1) is 4.76 Å². The molecule has 0 spiro atoms. The Morgan fingerprint density at radius 3 is 2.20 bits per heavy atom. The third-order valence-electron chi connectivity index (χ3n) is 2.74. The van der Waals surface area contributed by atoms with Gasteiger partial charge in [-0.3, -0.25) is 4.52 Å². The second-order valence-corrected chi connectivity index (χ2v) is 7.42. The van der Waals surface area contributed by atoms with Crippen molar-refractivity contribution in [3.63, 3.8) is 0 Å². The van der Waals surface area contributed by atoms with E-state index in [2.05, 4.69) is 4.76 Å². The SMILES string of the molecule is CCN(C)OP(=O)(N=C1N(C)CCN1C)OC(C)(C)C. The van der Waals surface area contributed by atoms with Crippen LogP contribution in [-0.2, 0) is 13.7 Å². The van der Waals surface area contributed by atoms with Crippen LogP contribution in [0, 0.1) is 0 Å². The van der Waals surface area contributed by atoms with Crippen LogP contribution in [0.1, 0.15) is 27.7 Å². The topological polar surface area (TPSA) is 57.6 Å². The molecule has 0 aromatic rings. The van der Waals surface area contributed by atoms with Crippen molar-refractivity contribution >= 4 is 13.7 Å². The Hall–Kier alpha value is -0.620. The number of rotatable bonds is 5. The third kappa shape index (κ3) is 5.05. The molecule has 1 fully saturated rings. The number of guanidine groups is 1. The van der Waals surface area contributed by atoms with E-state index >= 15 is 0 Å². The summed E-state index contributed by atoms with van der Waals surface area (Å²) in [6.45, 7) is 9.67. The summed E-state index contributed by atoms with van der Waals surface area (Å²) in [5.74, 6) is 0.627. The molecule has 20 heavy (non-hydrogen) atoms. The van der Waals surface area contributed by atoms with Crippen LogP contribution < -0.4 is 0 Å². The van der Waals surface area contributed by atoms with Gasteiger partial charge in [0, 0.05) is 40.8 Å². The van der Waals surface area contributed by atoms with Crippen LogP contribution in [0.4, 0.5) is 0 Å². The molecular weight excluding hydrogens is 279 g/mol. The van der Waals surface area contributed by atoms with Gasteiger partial charge in [0.05, 0.1) is 5.60 Å². The predicted molar refractivity (Wildman–Crippen MR) is 80.5 cm³/mol. The molecule has 8 heteroatoms.